The Labute approximate surface area is 84.0 Å². The van der Waals surface area contributed by atoms with Crippen LogP contribution in [0.15, 0.2) is 0 Å². The Bertz CT molecular complexity index is 215. The summed E-state index contributed by atoms with van der Waals surface area (Å²) in [5.74, 6) is 0.0245. The standard InChI is InChI=1S/C10H17NO3/c1-8(12)14-7-3-5-9-4-2-6-11-10(9)13/h9H,2-7H2,1H3,(H,11,13)/t9-/m0/s1. The summed E-state index contributed by atoms with van der Waals surface area (Å²) in [4.78, 5) is 21.8. The van der Waals surface area contributed by atoms with Gasteiger partial charge in [-0.05, 0) is 25.7 Å². The topological polar surface area (TPSA) is 55.4 Å². The quantitative estimate of drug-likeness (QED) is 0.539. The minimum absolute atomic E-state index is 0.124. The number of nitrogens with one attached hydrogen (secondary N) is 1. The van der Waals surface area contributed by atoms with Gasteiger partial charge < -0.3 is 10.1 Å². The van der Waals surface area contributed by atoms with E-state index in [9.17, 15) is 9.59 Å². The van der Waals surface area contributed by atoms with Crippen LogP contribution in [0.1, 0.15) is 32.6 Å². The maximum atomic E-state index is 11.3. The van der Waals surface area contributed by atoms with Gasteiger partial charge in [-0.1, -0.05) is 0 Å². The molecule has 1 atom stereocenters. The van der Waals surface area contributed by atoms with Crippen molar-refractivity contribution in [1.82, 2.24) is 5.32 Å². The van der Waals surface area contributed by atoms with Crippen LogP contribution >= 0.6 is 0 Å². The molecular weight excluding hydrogens is 182 g/mol. The number of amides is 1. The van der Waals surface area contributed by atoms with Gasteiger partial charge in [0.25, 0.3) is 0 Å². The van der Waals surface area contributed by atoms with Crippen molar-refractivity contribution in [2.45, 2.75) is 32.6 Å². The van der Waals surface area contributed by atoms with Gasteiger partial charge >= 0.3 is 5.97 Å². The molecule has 4 heteroatoms. The van der Waals surface area contributed by atoms with Crippen molar-refractivity contribution < 1.29 is 14.3 Å². The molecule has 0 aliphatic carbocycles. The van der Waals surface area contributed by atoms with E-state index in [4.69, 9.17) is 4.74 Å². The Balaban J connectivity index is 2.10. The van der Waals surface area contributed by atoms with Crippen LogP contribution in [-0.4, -0.2) is 25.0 Å². The first-order valence-electron chi connectivity index (χ1n) is 5.11. The lowest BCUT2D eigenvalue weighted by atomic mass is 9.94. The van der Waals surface area contributed by atoms with Crippen molar-refractivity contribution in [3.05, 3.63) is 0 Å². The number of esters is 1. The van der Waals surface area contributed by atoms with E-state index in [1.165, 1.54) is 6.92 Å². The van der Waals surface area contributed by atoms with Gasteiger partial charge in [-0.2, -0.15) is 0 Å². The molecule has 0 aromatic heterocycles. The second kappa shape index (κ2) is 5.62. The fraction of sp³-hybridized carbons (Fsp3) is 0.800. The third kappa shape index (κ3) is 3.77. The van der Waals surface area contributed by atoms with Crippen LogP contribution in [0.3, 0.4) is 0 Å². The maximum Gasteiger partial charge on any atom is 0.302 e. The van der Waals surface area contributed by atoms with Crippen LogP contribution in [-0.2, 0) is 14.3 Å². The van der Waals surface area contributed by atoms with Crippen LogP contribution in [0.5, 0.6) is 0 Å². The summed E-state index contributed by atoms with van der Waals surface area (Å²) in [6.45, 7) is 2.63. The van der Waals surface area contributed by atoms with Crippen LogP contribution in [0, 0.1) is 5.92 Å². The predicted octanol–water partition coefficient (Wildman–Crippen LogP) is 0.856. The molecule has 1 aliphatic heterocycles. The summed E-state index contributed by atoms with van der Waals surface area (Å²) in [6.07, 6.45) is 3.62. The fourth-order valence-corrected chi connectivity index (χ4v) is 1.66. The summed E-state index contributed by atoms with van der Waals surface area (Å²) < 4.78 is 4.80. The lowest BCUT2D eigenvalue weighted by Crippen LogP contribution is -2.36. The van der Waals surface area contributed by atoms with Crippen LogP contribution in [0.25, 0.3) is 0 Å². The molecule has 0 aromatic rings. The highest BCUT2D eigenvalue weighted by atomic mass is 16.5. The molecule has 0 bridgehead atoms. The number of hydrogen-bond acceptors (Lipinski definition) is 3. The normalized spacial score (nSPS) is 21.5. The first-order chi connectivity index (χ1) is 6.70. The summed E-state index contributed by atoms with van der Waals surface area (Å²) in [6, 6.07) is 0. The molecule has 1 fully saturated rings. The van der Waals surface area contributed by atoms with Gasteiger partial charge in [-0.15, -0.1) is 0 Å². The number of hydrogen-bond donors (Lipinski definition) is 1. The SMILES string of the molecule is CC(=O)OCCC[C@@H]1CCCNC1=O. The molecule has 1 saturated heterocycles. The molecule has 0 aromatic carbocycles. The molecule has 0 spiro atoms. The fourth-order valence-electron chi connectivity index (χ4n) is 1.66. The Morgan fingerprint density at radius 2 is 2.43 bits per heavy atom. The first-order valence-corrected chi connectivity index (χ1v) is 5.11. The number of carbonyl (C=O) groups excluding carboxylic acids is 2. The molecule has 1 N–H and O–H groups in total. The van der Waals surface area contributed by atoms with Crippen molar-refractivity contribution in [2.24, 2.45) is 5.92 Å². The molecule has 0 saturated carbocycles. The van der Waals surface area contributed by atoms with Crippen molar-refractivity contribution in [3.8, 4) is 0 Å². The van der Waals surface area contributed by atoms with Crippen molar-refractivity contribution >= 4 is 11.9 Å². The molecule has 14 heavy (non-hydrogen) atoms. The molecule has 80 valence electrons. The zero-order chi connectivity index (χ0) is 10.4. The molecule has 1 amide bonds. The van der Waals surface area contributed by atoms with Gasteiger partial charge in [0.15, 0.2) is 0 Å². The average Bonchev–Trinajstić information content (AvgIpc) is 2.15. The second-order valence-electron chi connectivity index (χ2n) is 3.61. The zero-order valence-corrected chi connectivity index (χ0v) is 8.54. The van der Waals surface area contributed by atoms with Crippen molar-refractivity contribution in [2.75, 3.05) is 13.2 Å². The molecular formula is C10H17NO3. The molecule has 4 nitrogen and oxygen atoms in total. The average molecular weight is 199 g/mol. The third-order valence-electron chi connectivity index (χ3n) is 2.40. The molecule has 0 unspecified atom stereocenters. The maximum absolute atomic E-state index is 11.3. The summed E-state index contributed by atoms with van der Waals surface area (Å²) in [5, 5.41) is 2.84. The van der Waals surface area contributed by atoms with E-state index < -0.39 is 0 Å². The van der Waals surface area contributed by atoms with Crippen LogP contribution in [0.2, 0.25) is 0 Å². The van der Waals surface area contributed by atoms with Gasteiger partial charge in [0.05, 0.1) is 6.61 Å². The molecule has 1 heterocycles. The summed E-state index contributed by atoms with van der Waals surface area (Å²) >= 11 is 0. The van der Waals surface area contributed by atoms with Gasteiger partial charge in [0.2, 0.25) is 5.91 Å². The van der Waals surface area contributed by atoms with Crippen molar-refractivity contribution in [3.63, 3.8) is 0 Å². The molecule has 1 rings (SSSR count). The first kappa shape index (κ1) is 11.0. The van der Waals surface area contributed by atoms with E-state index in [0.29, 0.717) is 6.61 Å². The number of rotatable bonds is 4. The predicted molar refractivity (Wildman–Crippen MR) is 51.6 cm³/mol. The van der Waals surface area contributed by atoms with Crippen LogP contribution < -0.4 is 5.32 Å². The van der Waals surface area contributed by atoms with Crippen LogP contribution in [0.4, 0.5) is 0 Å². The highest BCUT2D eigenvalue weighted by Gasteiger charge is 2.20. The van der Waals surface area contributed by atoms with E-state index >= 15 is 0 Å². The Hall–Kier alpha value is -1.06. The highest BCUT2D eigenvalue weighted by Crippen LogP contribution is 2.16. The van der Waals surface area contributed by atoms with Gasteiger partial charge in [0, 0.05) is 19.4 Å². The zero-order valence-electron chi connectivity index (χ0n) is 8.54. The Morgan fingerprint density at radius 3 is 3.07 bits per heavy atom. The minimum Gasteiger partial charge on any atom is -0.466 e. The van der Waals surface area contributed by atoms with Gasteiger partial charge in [0.1, 0.15) is 0 Å². The molecule has 0 radical (unpaired) electrons. The van der Waals surface area contributed by atoms with E-state index in [0.717, 1.165) is 32.2 Å². The lowest BCUT2D eigenvalue weighted by Gasteiger charge is -2.21. The van der Waals surface area contributed by atoms with Gasteiger partial charge in [-0.3, -0.25) is 9.59 Å². The number of carbonyl (C=O) groups is 2. The lowest BCUT2D eigenvalue weighted by molar-refractivity contribution is -0.141. The summed E-state index contributed by atoms with van der Waals surface area (Å²) in [5.41, 5.74) is 0. The molecule has 1 aliphatic rings. The van der Waals surface area contributed by atoms with E-state index in [-0.39, 0.29) is 17.8 Å². The second-order valence-corrected chi connectivity index (χ2v) is 3.61. The minimum atomic E-state index is -0.252. The number of ether oxygens (including phenoxy) is 1. The Kier molecular flexibility index (Phi) is 4.43. The van der Waals surface area contributed by atoms with E-state index in [2.05, 4.69) is 5.32 Å². The third-order valence-corrected chi connectivity index (χ3v) is 2.40. The van der Waals surface area contributed by atoms with E-state index in [1.807, 2.05) is 0 Å². The summed E-state index contributed by atoms with van der Waals surface area (Å²) in [7, 11) is 0. The highest BCUT2D eigenvalue weighted by molar-refractivity contribution is 5.79. The van der Waals surface area contributed by atoms with E-state index in [1.54, 1.807) is 0 Å². The van der Waals surface area contributed by atoms with Crippen molar-refractivity contribution in [1.29, 1.82) is 0 Å². The monoisotopic (exact) mass is 199 g/mol. The Morgan fingerprint density at radius 1 is 1.64 bits per heavy atom. The largest absolute Gasteiger partial charge is 0.466 e. The van der Waals surface area contributed by atoms with Gasteiger partial charge in [-0.25, -0.2) is 0 Å². The smallest absolute Gasteiger partial charge is 0.302 e. The number of piperidine rings is 1.